The van der Waals surface area contributed by atoms with Crippen molar-refractivity contribution < 1.29 is 18.0 Å². The van der Waals surface area contributed by atoms with E-state index in [1.807, 2.05) is 0 Å². The third-order valence-electron chi connectivity index (χ3n) is 4.81. The van der Waals surface area contributed by atoms with Crippen LogP contribution in [-0.2, 0) is 26.2 Å². The number of rotatable bonds is 9. The molecule has 0 bridgehead atoms. The Morgan fingerprint density at radius 1 is 0.971 bits per heavy atom. The molecule has 0 aliphatic rings. The molecular weight excluding hydrogens is 568 g/mol. The summed E-state index contributed by atoms with van der Waals surface area (Å²) in [5.74, 6) is -1.09. The quantitative estimate of drug-likeness (QED) is 0.404. The van der Waals surface area contributed by atoms with Gasteiger partial charge in [-0.05, 0) is 43.7 Å². The number of halogens is 5. The van der Waals surface area contributed by atoms with E-state index in [2.05, 4.69) is 5.32 Å². The Morgan fingerprint density at radius 3 is 2.15 bits per heavy atom. The van der Waals surface area contributed by atoms with Gasteiger partial charge in [0.05, 0.1) is 27.0 Å². The van der Waals surface area contributed by atoms with Gasteiger partial charge in [-0.2, -0.15) is 0 Å². The lowest BCUT2D eigenvalue weighted by Crippen LogP contribution is -2.51. The summed E-state index contributed by atoms with van der Waals surface area (Å²) in [4.78, 5) is 27.2. The van der Waals surface area contributed by atoms with E-state index in [1.165, 1.54) is 30.0 Å². The molecule has 0 spiro atoms. The molecule has 2 amide bonds. The van der Waals surface area contributed by atoms with Crippen molar-refractivity contribution in [2.75, 3.05) is 23.7 Å². The van der Waals surface area contributed by atoms with Crippen LogP contribution in [0.1, 0.15) is 19.4 Å². The number of nitrogens with one attached hydrogen (secondary N) is 1. The lowest BCUT2D eigenvalue weighted by Gasteiger charge is -2.32. The Balaban J connectivity index is 2.49. The Morgan fingerprint density at radius 2 is 1.59 bits per heavy atom. The number of anilines is 1. The number of amides is 2. The van der Waals surface area contributed by atoms with Gasteiger partial charge in [-0.1, -0.05) is 64.1 Å². The number of hydrogen-bond donors (Lipinski definition) is 1. The fraction of sp³-hybridized carbons (Fsp3) is 0.333. The maximum absolute atomic E-state index is 13.4. The fourth-order valence-corrected chi connectivity index (χ4v) is 5.05. The van der Waals surface area contributed by atoms with Crippen LogP contribution >= 0.6 is 58.0 Å². The van der Waals surface area contributed by atoms with Gasteiger partial charge in [0.15, 0.2) is 0 Å². The lowest BCUT2D eigenvalue weighted by molar-refractivity contribution is -0.139. The van der Waals surface area contributed by atoms with Crippen molar-refractivity contribution in [3.8, 4) is 0 Å². The van der Waals surface area contributed by atoms with Gasteiger partial charge < -0.3 is 10.2 Å². The highest BCUT2D eigenvalue weighted by molar-refractivity contribution is 7.92. The van der Waals surface area contributed by atoms with Gasteiger partial charge in [-0.15, -0.1) is 0 Å². The van der Waals surface area contributed by atoms with Gasteiger partial charge in [0, 0.05) is 23.1 Å². The first kappa shape index (κ1) is 28.8. The van der Waals surface area contributed by atoms with E-state index in [0.717, 1.165) is 10.6 Å². The second-order valence-electron chi connectivity index (χ2n) is 7.32. The molecule has 2 rings (SSSR count). The molecule has 0 aliphatic carbocycles. The van der Waals surface area contributed by atoms with Gasteiger partial charge in [-0.3, -0.25) is 13.9 Å². The topological polar surface area (TPSA) is 86.8 Å². The van der Waals surface area contributed by atoms with Gasteiger partial charge in [0.2, 0.25) is 21.8 Å². The van der Waals surface area contributed by atoms with E-state index in [0.29, 0.717) is 22.2 Å². The van der Waals surface area contributed by atoms with Crippen LogP contribution in [0.25, 0.3) is 0 Å². The summed E-state index contributed by atoms with van der Waals surface area (Å²) in [6.45, 7) is 2.90. The number of likely N-dealkylation sites (N-methyl/N-ethyl adjacent to an activating group) is 1. The normalized spacial score (nSPS) is 12.2. The fourth-order valence-electron chi connectivity index (χ4n) is 3.04. The lowest BCUT2D eigenvalue weighted by atomic mass is 10.1. The molecule has 0 fully saturated rings. The van der Waals surface area contributed by atoms with Crippen molar-refractivity contribution in [2.45, 2.75) is 26.4 Å². The minimum atomic E-state index is -3.99. The second kappa shape index (κ2) is 12.0. The third-order valence-corrected chi connectivity index (χ3v) is 7.55. The Labute approximate surface area is 223 Å². The van der Waals surface area contributed by atoms with Crippen molar-refractivity contribution in [1.29, 1.82) is 0 Å². The number of benzene rings is 2. The van der Waals surface area contributed by atoms with Crippen LogP contribution in [0.3, 0.4) is 0 Å². The predicted molar refractivity (Wildman–Crippen MR) is 139 cm³/mol. The van der Waals surface area contributed by atoms with Crippen molar-refractivity contribution in [2.24, 2.45) is 0 Å². The first-order valence-electron chi connectivity index (χ1n) is 9.89. The highest BCUT2D eigenvalue weighted by atomic mass is 35.5. The SMILES string of the molecule is CCNC(=O)[C@@H](C)N(Cc1ccc(Cl)cc1Cl)C(=O)CN(c1cc(Cl)c(Cl)cc1Cl)S(C)(=O)=O. The Hall–Kier alpha value is -1.42. The maximum atomic E-state index is 13.4. The van der Waals surface area contributed by atoms with Crippen LogP contribution in [-0.4, -0.2) is 50.5 Å². The highest BCUT2D eigenvalue weighted by Gasteiger charge is 2.31. The first-order chi connectivity index (χ1) is 15.8. The number of nitrogens with zero attached hydrogens (tertiary/aromatic N) is 2. The minimum Gasteiger partial charge on any atom is -0.355 e. The number of carbonyl (C=O) groups excluding carboxylic acids is 2. The smallest absolute Gasteiger partial charge is 0.244 e. The summed E-state index contributed by atoms with van der Waals surface area (Å²) in [7, 11) is -3.99. The molecule has 0 saturated heterocycles. The molecule has 2 aromatic carbocycles. The van der Waals surface area contributed by atoms with Crippen LogP contribution in [0.5, 0.6) is 0 Å². The predicted octanol–water partition coefficient (Wildman–Crippen LogP) is 5.27. The number of hydrogen-bond acceptors (Lipinski definition) is 4. The van der Waals surface area contributed by atoms with Crippen LogP contribution in [0, 0.1) is 0 Å². The second-order valence-corrected chi connectivity index (χ2v) is 11.3. The summed E-state index contributed by atoms with van der Waals surface area (Å²) in [6.07, 6.45) is 0.923. The van der Waals surface area contributed by atoms with E-state index in [4.69, 9.17) is 58.0 Å². The average molecular weight is 590 g/mol. The van der Waals surface area contributed by atoms with Crippen molar-refractivity contribution in [3.63, 3.8) is 0 Å². The molecule has 7 nitrogen and oxygen atoms in total. The van der Waals surface area contributed by atoms with Crippen molar-refractivity contribution in [3.05, 3.63) is 61.0 Å². The summed E-state index contributed by atoms with van der Waals surface area (Å²) >= 11 is 30.5. The summed E-state index contributed by atoms with van der Waals surface area (Å²) < 4.78 is 26.0. The van der Waals surface area contributed by atoms with Gasteiger partial charge >= 0.3 is 0 Å². The molecule has 0 unspecified atom stereocenters. The van der Waals surface area contributed by atoms with E-state index >= 15 is 0 Å². The molecule has 1 N–H and O–H groups in total. The Bertz CT molecular complexity index is 1190. The summed E-state index contributed by atoms with van der Waals surface area (Å²) in [5, 5.41) is 3.52. The van der Waals surface area contributed by atoms with Gasteiger partial charge in [0.1, 0.15) is 12.6 Å². The Kier molecular flexibility index (Phi) is 10.2. The van der Waals surface area contributed by atoms with Crippen LogP contribution < -0.4 is 9.62 Å². The molecule has 34 heavy (non-hydrogen) atoms. The molecule has 0 saturated carbocycles. The number of carbonyl (C=O) groups is 2. The van der Waals surface area contributed by atoms with Crippen LogP contribution in [0.2, 0.25) is 25.1 Å². The standard InChI is InChI=1S/C21H22Cl5N3O4S/c1-4-27-21(31)12(2)28(10-13-5-6-14(22)7-15(13)23)20(30)11-29(34(3,32)33)19-9-17(25)16(24)8-18(19)26/h5-9,12H,4,10-11H2,1-3H3,(H,27,31)/t12-/m1/s1. The molecule has 2 aromatic rings. The molecule has 1 atom stereocenters. The zero-order valence-electron chi connectivity index (χ0n) is 18.4. The van der Waals surface area contributed by atoms with E-state index in [-0.39, 0.29) is 27.3 Å². The molecule has 186 valence electrons. The monoisotopic (exact) mass is 587 g/mol. The molecule has 0 radical (unpaired) electrons. The third kappa shape index (κ3) is 7.29. The summed E-state index contributed by atoms with van der Waals surface area (Å²) in [5.41, 5.74) is 0.496. The van der Waals surface area contributed by atoms with Gasteiger partial charge in [0.25, 0.3) is 0 Å². The molecular formula is C21H22Cl5N3O4S. The molecule has 13 heteroatoms. The zero-order valence-corrected chi connectivity index (χ0v) is 23.0. The average Bonchev–Trinajstić information content (AvgIpc) is 2.73. The minimum absolute atomic E-state index is 0.0169. The van der Waals surface area contributed by atoms with Crippen molar-refractivity contribution in [1.82, 2.24) is 10.2 Å². The van der Waals surface area contributed by atoms with E-state index in [9.17, 15) is 18.0 Å². The maximum Gasteiger partial charge on any atom is 0.244 e. The highest BCUT2D eigenvalue weighted by Crippen LogP contribution is 2.35. The molecule has 0 aromatic heterocycles. The zero-order chi connectivity index (χ0) is 25.8. The van der Waals surface area contributed by atoms with E-state index < -0.39 is 34.4 Å². The van der Waals surface area contributed by atoms with Gasteiger partial charge in [-0.25, -0.2) is 8.42 Å². The van der Waals surface area contributed by atoms with Crippen LogP contribution in [0.4, 0.5) is 5.69 Å². The largest absolute Gasteiger partial charge is 0.355 e. The molecule has 0 heterocycles. The van der Waals surface area contributed by atoms with E-state index in [1.54, 1.807) is 19.1 Å². The molecule has 0 aliphatic heterocycles. The van der Waals surface area contributed by atoms with Crippen molar-refractivity contribution >= 4 is 85.5 Å². The summed E-state index contributed by atoms with van der Waals surface area (Å²) in [6, 6.07) is 6.33. The number of sulfonamides is 1. The first-order valence-corrected chi connectivity index (χ1v) is 13.6. The van der Waals surface area contributed by atoms with Crippen LogP contribution in [0.15, 0.2) is 30.3 Å².